The lowest BCUT2D eigenvalue weighted by molar-refractivity contribution is -0.139. The molecule has 2 saturated heterocycles. The molecule has 0 aliphatic carbocycles. The Morgan fingerprint density at radius 3 is 2.62 bits per heavy atom. The first-order valence-corrected chi connectivity index (χ1v) is 10.1. The molecule has 0 radical (unpaired) electrons. The molecule has 3 aromatic rings. The molecule has 0 amide bonds. The van der Waals surface area contributed by atoms with Crippen LogP contribution in [0.2, 0.25) is 5.15 Å². The topological polar surface area (TPSA) is 46.0 Å². The van der Waals surface area contributed by atoms with E-state index in [0.29, 0.717) is 21.8 Å². The van der Waals surface area contributed by atoms with Gasteiger partial charge in [0.05, 0.1) is 5.52 Å². The van der Waals surface area contributed by atoms with Gasteiger partial charge in [0.1, 0.15) is 23.9 Å². The number of nitrogens with one attached hydrogen (secondary N) is 1. The summed E-state index contributed by atoms with van der Waals surface area (Å²) < 4.78 is 40.7. The lowest BCUT2D eigenvalue weighted by atomic mass is 9.72. The normalized spacial score (nSPS) is 19.9. The SMILES string of the molecule is FC(F)(F)Cn1c2ccc(CN3CC4(CCNCC4)C3)cc2c2ncnc(Cl)c21. The zero-order valence-electron chi connectivity index (χ0n) is 15.8. The first-order valence-electron chi connectivity index (χ1n) is 9.75. The molecule has 5 rings (SSSR count). The van der Waals surface area contributed by atoms with Crippen LogP contribution in [0.1, 0.15) is 18.4 Å². The first-order chi connectivity index (χ1) is 13.8. The summed E-state index contributed by atoms with van der Waals surface area (Å²) in [7, 11) is 0. The standard InChI is InChI=1S/C20H21ClF3N5/c21-18-17-16(26-12-27-18)14-7-13(1-2-15(14)29(17)11-20(22,23)24)8-28-9-19(10-28)3-5-25-6-4-19/h1-2,7,12,25H,3-6,8-11H2. The van der Waals surface area contributed by atoms with Crippen molar-refractivity contribution in [1.82, 2.24) is 24.8 Å². The maximum Gasteiger partial charge on any atom is 0.406 e. The Labute approximate surface area is 170 Å². The van der Waals surface area contributed by atoms with Crippen LogP contribution in [-0.4, -0.2) is 51.8 Å². The molecule has 0 saturated carbocycles. The van der Waals surface area contributed by atoms with Gasteiger partial charge in [-0.25, -0.2) is 9.97 Å². The number of hydrogen-bond donors (Lipinski definition) is 1. The van der Waals surface area contributed by atoms with E-state index in [-0.39, 0.29) is 10.7 Å². The van der Waals surface area contributed by atoms with Gasteiger partial charge in [-0.05, 0) is 49.0 Å². The van der Waals surface area contributed by atoms with E-state index >= 15 is 0 Å². The van der Waals surface area contributed by atoms with Crippen molar-refractivity contribution in [3.63, 3.8) is 0 Å². The van der Waals surface area contributed by atoms with Crippen LogP contribution in [-0.2, 0) is 13.1 Å². The van der Waals surface area contributed by atoms with Gasteiger partial charge in [-0.3, -0.25) is 4.90 Å². The number of fused-ring (bicyclic) bond motifs is 3. The largest absolute Gasteiger partial charge is 0.406 e. The number of benzene rings is 1. The number of aromatic nitrogens is 3. The lowest BCUT2D eigenvalue weighted by Crippen LogP contribution is -2.59. The second kappa shape index (κ2) is 6.82. The van der Waals surface area contributed by atoms with Crippen molar-refractivity contribution in [2.75, 3.05) is 26.2 Å². The maximum absolute atomic E-state index is 13.2. The highest BCUT2D eigenvalue weighted by Crippen LogP contribution is 2.40. The van der Waals surface area contributed by atoms with Crippen LogP contribution in [0.5, 0.6) is 0 Å². The Balaban J connectivity index is 1.47. The molecule has 1 aromatic carbocycles. The van der Waals surface area contributed by atoms with Crippen molar-refractivity contribution >= 4 is 33.5 Å². The second-order valence-electron chi connectivity index (χ2n) is 8.31. The predicted octanol–water partition coefficient (Wildman–Crippen LogP) is 3.99. The van der Waals surface area contributed by atoms with Crippen LogP contribution in [0.3, 0.4) is 0 Å². The van der Waals surface area contributed by atoms with Crippen molar-refractivity contribution in [2.45, 2.75) is 32.1 Å². The van der Waals surface area contributed by atoms with Crippen LogP contribution in [0.15, 0.2) is 24.5 Å². The van der Waals surface area contributed by atoms with E-state index in [1.165, 1.54) is 23.7 Å². The van der Waals surface area contributed by atoms with Crippen molar-refractivity contribution in [2.24, 2.45) is 5.41 Å². The lowest BCUT2D eigenvalue weighted by Gasteiger charge is -2.52. The molecule has 0 atom stereocenters. The number of likely N-dealkylation sites (tertiary alicyclic amines) is 1. The van der Waals surface area contributed by atoms with Gasteiger partial charge in [0.15, 0.2) is 5.15 Å². The zero-order chi connectivity index (χ0) is 20.2. The third kappa shape index (κ3) is 3.47. The third-order valence-corrected chi connectivity index (χ3v) is 6.46. The molecular formula is C20H21ClF3N5. The molecule has 0 unspecified atom stereocenters. The van der Waals surface area contributed by atoms with E-state index in [4.69, 9.17) is 11.6 Å². The molecule has 1 N–H and O–H groups in total. The summed E-state index contributed by atoms with van der Waals surface area (Å²) >= 11 is 6.15. The van der Waals surface area contributed by atoms with Gasteiger partial charge >= 0.3 is 6.18 Å². The van der Waals surface area contributed by atoms with Gasteiger partial charge in [0, 0.05) is 25.0 Å². The fraction of sp³-hybridized carbons (Fsp3) is 0.500. The smallest absolute Gasteiger partial charge is 0.327 e. The molecule has 2 aromatic heterocycles. The Morgan fingerprint density at radius 2 is 1.90 bits per heavy atom. The average Bonchev–Trinajstić information content (AvgIpc) is 2.94. The predicted molar refractivity (Wildman–Crippen MR) is 106 cm³/mol. The summed E-state index contributed by atoms with van der Waals surface area (Å²) in [5, 5.41) is 4.13. The summed E-state index contributed by atoms with van der Waals surface area (Å²) in [6.07, 6.45) is -0.645. The average molecular weight is 424 g/mol. The summed E-state index contributed by atoms with van der Waals surface area (Å²) in [5.41, 5.74) is 2.68. The Hall–Kier alpha value is -1.90. The zero-order valence-corrected chi connectivity index (χ0v) is 16.5. The number of hydrogen-bond acceptors (Lipinski definition) is 4. The highest BCUT2D eigenvalue weighted by atomic mass is 35.5. The molecule has 0 bridgehead atoms. The molecule has 2 aliphatic heterocycles. The van der Waals surface area contributed by atoms with E-state index in [0.717, 1.165) is 38.3 Å². The second-order valence-corrected chi connectivity index (χ2v) is 8.67. The quantitative estimate of drug-likeness (QED) is 0.647. The van der Waals surface area contributed by atoms with Crippen molar-refractivity contribution < 1.29 is 13.2 Å². The Morgan fingerprint density at radius 1 is 1.14 bits per heavy atom. The van der Waals surface area contributed by atoms with Gasteiger partial charge in [0.2, 0.25) is 0 Å². The van der Waals surface area contributed by atoms with Gasteiger partial charge in [-0.1, -0.05) is 17.7 Å². The number of rotatable bonds is 3. The van der Waals surface area contributed by atoms with Crippen LogP contribution >= 0.6 is 11.6 Å². The van der Waals surface area contributed by atoms with Gasteiger partial charge in [-0.15, -0.1) is 0 Å². The fourth-order valence-corrected chi connectivity index (χ4v) is 5.15. The molecule has 9 heteroatoms. The van der Waals surface area contributed by atoms with Crippen LogP contribution in [0.25, 0.3) is 21.9 Å². The molecule has 2 aliphatic rings. The number of nitrogens with zero attached hydrogens (tertiary/aromatic N) is 4. The van der Waals surface area contributed by atoms with Gasteiger partial charge in [-0.2, -0.15) is 13.2 Å². The number of halogens is 4. The highest BCUT2D eigenvalue weighted by Gasteiger charge is 2.43. The molecule has 2 fully saturated rings. The summed E-state index contributed by atoms with van der Waals surface area (Å²) in [5.74, 6) is 0. The van der Waals surface area contributed by atoms with Crippen LogP contribution < -0.4 is 5.32 Å². The molecule has 29 heavy (non-hydrogen) atoms. The van der Waals surface area contributed by atoms with Crippen LogP contribution in [0.4, 0.5) is 13.2 Å². The Kier molecular flexibility index (Phi) is 4.49. The molecular weight excluding hydrogens is 403 g/mol. The van der Waals surface area contributed by atoms with E-state index in [2.05, 4.69) is 20.2 Å². The van der Waals surface area contributed by atoms with Gasteiger partial charge in [0.25, 0.3) is 0 Å². The monoisotopic (exact) mass is 423 g/mol. The minimum atomic E-state index is -4.36. The molecule has 4 heterocycles. The number of alkyl halides is 3. The summed E-state index contributed by atoms with van der Waals surface area (Å²) in [6, 6.07) is 5.60. The van der Waals surface area contributed by atoms with Crippen molar-refractivity contribution in [1.29, 1.82) is 0 Å². The highest BCUT2D eigenvalue weighted by molar-refractivity contribution is 6.34. The van der Waals surface area contributed by atoms with E-state index < -0.39 is 12.7 Å². The fourth-order valence-electron chi connectivity index (χ4n) is 4.91. The minimum Gasteiger partial charge on any atom is -0.327 e. The van der Waals surface area contributed by atoms with Crippen LogP contribution in [0, 0.1) is 5.41 Å². The van der Waals surface area contributed by atoms with Crippen molar-refractivity contribution in [3.05, 3.63) is 35.2 Å². The third-order valence-electron chi connectivity index (χ3n) is 6.18. The minimum absolute atomic E-state index is 0.0348. The maximum atomic E-state index is 13.2. The first kappa shape index (κ1) is 19.1. The van der Waals surface area contributed by atoms with Gasteiger partial charge < -0.3 is 9.88 Å². The summed E-state index contributed by atoms with van der Waals surface area (Å²) in [4.78, 5) is 10.5. The van der Waals surface area contributed by atoms with Crippen molar-refractivity contribution in [3.8, 4) is 0 Å². The molecule has 1 spiro atoms. The number of piperidine rings is 1. The molecule has 154 valence electrons. The van der Waals surface area contributed by atoms with E-state index in [1.807, 2.05) is 12.1 Å². The summed E-state index contributed by atoms with van der Waals surface area (Å²) in [6.45, 7) is 3.99. The molecule has 5 nitrogen and oxygen atoms in total. The Bertz CT molecular complexity index is 1060. The van der Waals surface area contributed by atoms with E-state index in [1.54, 1.807) is 6.07 Å². The van der Waals surface area contributed by atoms with E-state index in [9.17, 15) is 13.2 Å².